The number of β-amino-alcohol motifs (C(OH)–C–C–N with tert-alkyl or cyclic N) is 1. The molecule has 0 saturated carbocycles. The van der Waals surface area contributed by atoms with Crippen molar-refractivity contribution in [2.75, 3.05) is 38.0 Å². The summed E-state index contributed by atoms with van der Waals surface area (Å²) in [5.74, 6) is 0. The van der Waals surface area contributed by atoms with Gasteiger partial charge >= 0.3 is 12.2 Å². The number of carbonyl (C=O) groups is 1. The number of aliphatic hydroxyl groups is 1. The topological polar surface area (TPSA) is 73.6 Å². The number of aryl methyl sites for hydroxylation is 1. The van der Waals surface area contributed by atoms with Crippen LogP contribution in [-0.4, -0.2) is 69.5 Å². The van der Waals surface area contributed by atoms with Crippen molar-refractivity contribution in [2.45, 2.75) is 19.2 Å². The summed E-state index contributed by atoms with van der Waals surface area (Å²) in [5.41, 5.74) is -1.34. The molecule has 1 aromatic rings. The van der Waals surface area contributed by atoms with Gasteiger partial charge in [-0.05, 0) is 6.92 Å². The van der Waals surface area contributed by atoms with Crippen LogP contribution in [0.2, 0.25) is 0 Å². The molecule has 2 amide bonds. The van der Waals surface area contributed by atoms with Gasteiger partial charge in [-0.3, -0.25) is 9.58 Å². The molecule has 1 fully saturated rings. The highest BCUT2D eigenvalue weighted by atomic mass is 19.4. The lowest BCUT2D eigenvalue weighted by Gasteiger charge is -2.35. The van der Waals surface area contributed by atoms with E-state index < -0.39 is 24.0 Å². The number of nitrogens with zero attached hydrogens (tertiary/aromatic N) is 4. The molecule has 1 aliphatic heterocycles. The van der Waals surface area contributed by atoms with E-state index >= 15 is 0 Å². The summed E-state index contributed by atoms with van der Waals surface area (Å²) in [6, 6.07) is -0.583. The number of urea groups is 1. The second-order valence-corrected chi connectivity index (χ2v) is 5.60. The number of aliphatic hydroxyl groups excluding tert-OH is 1. The van der Waals surface area contributed by atoms with Gasteiger partial charge in [-0.25, -0.2) is 4.79 Å². The molecule has 0 bridgehead atoms. The Morgan fingerprint density at radius 2 is 2.00 bits per heavy atom. The van der Waals surface area contributed by atoms with E-state index in [1.165, 1.54) is 11.9 Å². The van der Waals surface area contributed by atoms with Gasteiger partial charge in [0, 0.05) is 39.8 Å². The summed E-state index contributed by atoms with van der Waals surface area (Å²) < 4.78 is 39.5. The Labute approximate surface area is 131 Å². The Morgan fingerprint density at radius 1 is 1.39 bits per heavy atom. The summed E-state index contributed by atoms with van der Waals surface area (Å²) in [7, 11) is 1.17. The van der Waals surface area contributed by atoms with Gasteiger partial charge in [0.2, 0.25) is 0 Å². The highest BCUT2D eigenvalue weighted by Crippen LogP contribution is 2.34. The molecule has 0 aliphatic carbocycles. The van der Waals surface area contributed by atoms with Crippen LogP contribution in [0.15, 0.2) is 6.20 Å². The van der Waals surface area contributed by atoms with Crippen molar-refractivity contribution in [3.63, 3.8) is 0 Å². The van der Waals surface area contributed by atoms with E-state index in [9.17, 15) is 23.1 Å². The molecule has 7 nitrogen and oxygen atoms in total. The van der Waals surface area contributed by atoms with Crippen molar-refractivity contribution in [1.29, 1.82) is 0 Å². The molecule has 10 heteroatoms. The van der Waals surface area contributed by atoms with E-state index in [1.54, 1.807) is 6.92 Å². The summed E-state index contributed by atoms with van der Waals surface area (Å²) in [5, 5.41) is 15.2. The number of amides is 2. The smallest absolute Gasteiger partial charge is 0.392 e. The Morgan fingerprint density at radius 3 is 2.52 bits per heavy atom. The van der Waals surface area contributed by atoms with Gasteiger partial charge < -0.3 is 15.3 Å². The van der Waals surface area contributed by atoms with E-state index in [4.69, 9.17) is 0 Å². The molecule has 1 atom stereocenters. The summed E-state index contributed by atoms with van der Waals surface area (Å²) in [6.07, 6.45) is -4.06. The fraction of sp³-hybridized carbons (Fsp3) is 0.692. The lowest BCUT2D eigenvalue weighted by Crippen LogP contribution is -2.51. The first-order valence-electron chi connectivity index (χ1n) is 7.24. The summed E-state index contributed by atoms with van der Waals surface area (Å²) in [6.45, 7) is 4.10. The predicted octanol–water partition coefficient (Wildman–Crippen LogP) is 0.969. The second kappa shape index (κ2) is 6.75. The number of carbonyl (C=O) groups excluding carboxylic acids is 1. The zero-order chi connectivity index (χ0) is 17.2. The van der Waals surface area contributed by atoms with Crippen LogP contribution in [0.25, 0.3) is 0 Å². The summed E-state index contributed by atoms with van der Waals surface area (Å²) in [4.78, 5) is 15.6. The first-order valence-corrected chi connectivity index (χ1v) is 7.24. The largest absolute Gasteiger partial charge is 0.435 e. The second-order valence-electron chi connectivity index (χ2n) is 5.60. The maximum atomic E-state index is 13.0. The average Bonchev–Trinajstić information content (AvgIpc) is 2.79. The zero-order valence-electron chi connectivity index (χ0n) is 13.0. The number of aromatic nitrogens is 2. The average molecular weight is 335 g/mol. The van der Waals surface area contributed by atoms with E-state index in [1.807, 2.05) is 4.90 Å². The number of hydrogen-bond acceptors (Lipinski definition) is 4. The van der Waals surface area contributed by atoms with Gasteiger partial charge in [0.1, 0.15) is 0 Å². The molecular formula is C13H20F3N5O2. The van der Waals surface area contributed by atoms with E-state index in [-0.39, 0.29) is 5.69 Å². The number of alkyl halides is 3. The lowest BCUT2D eigenvalue weighted by atomic mass is 10.3. The van der Waals surface area contributed by atoms with Crippen molar-refractivity contribution in [2.24, 2.45) is 7.05 Å². The highest BCUT2D eigenvalue weighted by molar-refractivity contribution is 5.90. The van der Waals surface area contributed by atoms with Crippen LogP contribution in [0.4, 0.5) is 23.7 Å². The Kier molecular flexibility index (Phi) is 5.15. The van der Waals surface area contributed by atoms with Crippen molar-refractivity contribution in [3.05, 3.63) is 11.9 Å². The monoisotopic (exact) mass is 335 g/mol. The Bertz CT molecular complexity index is 550. The SMILES string of the molecule is CC(O)CN1CCN(C(=O)Nc2cnn(C)c2C(F)(F)F)CC1. The van der Waals surface area contributed by atoms with Crippen molar-refractivity contribution in [3.8, 4) is 0 Å². The molecule has 0 aromatic carbocycles. The van der Waals surface area contributed by atoms with E-state index in [2.05, 4.69) is 10.4 Å². The number of anilines is 1. The minimum atomic E-state index is -4.59. The number of nitrogens with one attached hydrogen (secondary N) is 1. The van der Waals surface area contributed by atoms with Crippen molar-refractivity contribution >= 4 is 11.7 Å². The predicted molar refractivity (Wildman–Crippen MR) is 76.9 cm³/mol. The maximum Gasteiger partial charge on any atom is 0.435 e. The van der Waals surface area contributed by atoms with Gasteiger partial charge in [0.15, 0.2) is 5.69 Å². The van der Waals surface area contributed by atoms with Crippen LogP contribution in [0, 0.1) is 0 Å². The third-order valence-corrected chi connectivity index (χ3v) is 3.63. The highest BCUT2D eigenvalue weighted by Gasteiger charge is 2.38. The molecule has 23 heavy (non-hydrogen) atoms. The third-order valence-electron chi connectivity index (χ3n) is 3.63. The first kappa shape index (κ1) is 17.5. The minimum Gasteiger partial charge on any atom is -0.392 e. The van der Waals surface area contributed by atoms with Gasteiger partial charge in [0.25, 0.3) is 0 Å². The van der Waals surface area contributed by atoms with Crippen LogP contribution in [0.5, 0.6) is 0 Å². The van der Waals surface area contributed by atoms with E-state index in [0.29, 0.717) is 37.4 Å². The number of hydrogen-bond donors (Lipinski definition) is 2. The van der Waals surface area contributed by atoms with Gasteiger partial charge in [-0.1, -0.05) is 0 Å². The lowest BCUT2D eigenvalue weighted by molar-refractivity contribution is -0.143. The zero-order valence-corrected chi connectivity index (χ0v) is 13.0. The van der Waals surface area contributed by atoms with Gasteiger partial charge in [-0.2, -0.15) is 18.3 Å². The van der Waals surface area contributed by atoms with Crippen molar-refractivity contribution in [1.82, 2.24) is 19.6 Å². The Balaban J connectivity index is 1.96. The third kappa shape index (κ3) is 4.35. The molecule has 1 saturated heterocycles. The minimum absolute atomic E-state index is 0.351. The maximum absolute atomic E-state index is 13.0. The quantitative estimate of drug-likeness (QED) is 0.863. The molecule has 2 rings (SSSR count). The molecule has 0 radical (unpaired) electrons. The number of rotatable bonds is 3. The van der Waals surface area contributed by atoms with Crippen LogP contribution in [-0.2, 0) is 13.2 Å². The molecule has 1 aliphatic rings. The molecule has 2 heterocycles. The molecular weight excluding hydrogens is 315 g/mol. The fourth-order valence-electron chi connectivity index (χ4n) is 2.57. The summed E-state index contributed by atoms with van der Waals surface area (Å²) >= 11 is 0. The molecule has 1 unspecified atom stereocenters. The normalized spacial score (nSPS) is 18.1. The molecule has 130 valence electrons. The Hall–Kier alpha value is -1.81. The number of piperazine rings is 1. The van der Waals surface area contributed by atoms with Crippen LogP contribution in [0.3, 0.4) is 0 Å². The first-order chi connectivity index (χ1) is 10.7. The molecule has 0 spiro atoms. The number of halogens is 3. The van der Waals surface area contributed by atoms with Crippen molar-refractivity contribution < 1.29 is 23.1 Å². The van der Waals surface area contributed by atoms with Gasteiger partial charge in [0.05, 0.1) is 18.0 Å². The van der Waals surface area contributed by atoms with E-state index in [0.717, 1.165) is 6.20 Å². The van der Waals surface area contributed by atoms with Gasteiger partial charge in [-0.15, -0.1) is 0 Å². The molecule has 2 N–H and O–H groups in total. The van der Waals surface area contributed by atoms with Crippen LogP contribution in [0.1, 0.15) is 12.6 Å². The van der Waals surface area contributed by atoms with Crippen LogP contribution >= 0.6 is 0 Å². The molecule has 1 aromatic heterocycles. The standard InChI is InChI=1S/C13H20F3N5O2/c1-9(22)8-20-3-5-21(6-4-20)12(23)18-10-7-17-19(2)11(10)13(14,15)16/h7,9,22H,3-6,8H2,1-2H3,(H,18,23). The fourth-order valence-corrected chi connectivity index (χ4v) is 2.57. The van der Waals surface area contributed by atoms with Crippen LogP contribution < -0.4 is 5.32 Å².